The number of hydrogen-bond acceptors (Lipinski definition) is 4. The van der Waals surface area contributed by atoms with Crippen LogP contribution in [0.5, 0.6) is 0 Å². The van der Waals surface area contributed by atoms with Crippen molar-refractivity contribution in [1.29, 1.82) is 0 Å². The summed E-state index contributed by atoms with van der Waals surface area (Å²) in [6.07, 6.45) is 3.11. The van der Waals surface area contributed by atoms with E-state index in [0.29, 0.717) is 22.4 Å². The summed E-state index contributed by atoms with van der Waals surface area (Å²) in [6, 6.07) is 14.1. The minimum Gasteiger partial charge on any atom is -0.326 e. The van der Waals surface area contributed by atoms with Crippen molar-refractivity contribution >= 4 is 34.2 Å². The van der Waals surface area contributed by atoms with Crippen molar-refractivity contribution in [3.8, 4) is 0 Å². The Bertz CT molecular complexity index is 1070. The zero-order valence-electron chi connectivity index (χ0n) is 14.5. The van der Waals surface area contributed by atoms with Crippen LogP contribution in [-0.4, -0.2) is 21.4 Å². The molecule has 0 bridgehead atoms. The molecule has 0 spiro atoms. The van der Waals surface area contributed by atoms with Crippen LogP contribution in [0.25, 0.3) is 11.0 Å². The van der Waals surface area contributed by atoms with E-state index >= 15 is 0 Å². The predicted molar refractivity (Wildman–Crippen MR) is 102 cm³/mol. The molecule has 136 valence electrons. The van der Waals surface area contributed by atoms with E-state index in [1.807, 2.05) is 6.07 Å². The molecule has 3 aromatic rings. The van der Waals surface area contributed by atoms with Crippen LogP contribution in [0.1, 0.15) is 12.8 Å². The zero-order chi connectivity index (χ0) is 18.8. The second-order valence-corrected chi connectivity index (χ2v) is 6.56. The van der Waals surface area contributed by atoms with Gasteiger partial charge < -0.3 is 10.6 Å². The van der Waals surface area contributed by atoms with Crippen LogP contribution in [0.15, 0.2) is 59.5 Å². The maximum atomic E-state index is 12.4. The first-order valence-electron chi connectivity index (χ1n) is 8.75. The zero-order valence-corrected chi connectivity index (χ0v) is 14.5. The average molecular weight is 362 g/mol. The maximum Gasteiger partial charge on any atom is 0.269 e. The average Bonchev–Trinajstić information content (AvgIpc) is 3.51. The molecular weight excluding hydrogens is 344 g/mol. The van der Waals surface area contributed by atoms with E-state index in [0.717, 1.165) is 12.8 Å². The van der Waals surface area contributed by atoms with Gasteiger partial charge in [0.25, 0.3) is 5.56 Å². The van der Waals surface area contributed by atoms with Gasteiger partial charge in [-0.25, -0.2) is 4.98 Å². The third kappa shape index (κ3) is 3.87. The summed E-state index contributed by atoms with van der Waals surface area (Å²) in [5, 5.41) is 5.61. The number of fused-ring (bicyclic) bond motifs is 1. The number of nitrogens with zero attached hydrogens (tertiary/aromatic N) is 2. The van der Waals surface area contributed by atoms with Gasteiger partial charge in [0.1, 0.15) is 6.54 Å². The Morgan fingerprint density at radius 1 is 1.00 bits per heavy atom. The standard InChI is InChI=1S/C20H18N4O3/c25-18(12-24-17-4-2-1-3-16(17)21-11-19(24)26)22-14-7-9-15(10-8-14)23-20(27)13-5-6-13/h1-4,7-11,13H,5-6,12H2,(H,22,25)(H,23,27). The molecule has 1 aliphatic rings. The number of para-hydroxylation sites is 2. The normalized spacial score (nSPS) is 13.3. The van der Waals surface area contributed by atoms with Crippen LogP contribution in [0.4, 0.5) is 11.4 Å². The Balaban J connectivity index is 1.44. The van der Waals surface area contributed by atoms with E-state index in [1.165, 1.54) is 10.8 Å². The van der Waals surface area contributed by atoms with Gasteiger partial charge in [-0.2, -0.15) is 0 Å². The lowest BCUT2D eigenvalue weighted by molar-refractivity contribution is -0.117. The summed E-state index contributed by atoms with van der Waals surface area (Å²) in [4.78, 5) is 40.3. The molecule has 2 aromatic carbocycles. The lowest BCUT2D eigenvalue weighted by Crippen LogP contribution is -2.28. The molecule has 0 radical (unpaired) electrons. The number of amides is 2. The van der Waals surface area contributed by atoms with Crippen molar-refractivity contribution in [2.45, 2.75) is 19.4 Å². The van der Waals surface area contributed by atoms with E-state index in [9.17, 15) is 14.4 Å². The molecule has 1 aromatic heterocycles. The van der Waals surface area contributed by atoms with Gasteiger partial charge in [0.2, 0.25) is 11.8 Å². The molecule has 2 amide bonds. The predicted octanol–water partition coefficient (Wildman–Crippen LogP) is 2.38. The monoisotopic (exact) mass is 362 g/mol. The molecule has 7 heteroatoms. The van der Waals surface area contributed by atoms with Crippen molar-refractivity contribution < 1.29 is 9.59 Å². The molecule has 27 heavy (non-hydrogen) atoms. The van der Waals surface area contributed by atoms with Crippen LogP contribution in [0.3, 0.4) is 0 Å². The SMILES string of the molecule is O=C(Cn1c(=O)cnc2ccccc21)Nc1ccc(NC(=O)C2CC2)cc1. The Morgan fingerprint density at radius 3 is 2.37 bits per heavy atom. The Labute approximate surface area is 155 Å². The molecule has 0 unspecified atom stereocenters. The first-order chi connectivity index (χ1) is 13.1. The molecule has 2 N–H and O–H groups in total. The van der Waals surface area contributed by atoms with Crippen molar-refractivity contribution in [1.82, 2.24) is 9.55 Å². The highest BCUT2D eigenvalue weighted by atomic mass is 16.2. The van der Waals surface area contributed by atoms with E-state index in [2.05, 4.69) is 15.6 Å². The quantitative estimate of drug-likeness (QED) is 0.729. The molecule has 1 fully saturated rings. The van der Waals surface area contributed by atoms with Crippen molar-refractivity contribution in [2.75, 3.05) is 10.6 Å². The number of benzene rings is 2. The first kappa shape index (κ1) is 17.0. The maximum absolute atomic E-state index is 12.4. The van der Waals surface area contributed by atoms with Crippen LogP contribution >= 0.6 is 0 Å². The van der Waals surface area contributed by atoms with Crippen LogP contribution in [0, 0.1) is 5.92 Å². The molecule has 4 rings (SSSR count). The summed E-state index contributed by atoms with van der Waals surface area (Å²) >= 11 is 0. The van der Waals surface area contributed by atoms with Gasteiger partial charge in [0.05, 0.1) is 17.2 Å². The van der Waals surface area contributed by atoms with E-state index in [-0.39, 0.29) is 29.8 Å². The number of nitrogens with one attached hydrogen (secondary N) is 2. The number of hydrogen-bond donors (Lipinski definition) is 2. The van der Waals surface area contributed by atoms with Crippen molar-refractivity contribution in [3.05, 3.63) is 65.1 Å². The fourth-order valence-corrected chi connectivity index (χ4v) is 2.85. The number of carbonyl (C=O) groups excluding carboxylic acids is 2. The second kappa shape index (κ2) is 7.03. The second-order valence-electron chi connectivity index (χ2n) is 6.56. The highest BCUT2D eigenvalue weighted by Crippen LogP contribution is 2.30. The van der Waals surface area contributed by atoms with Gasteiger partial charge in [-0.05, 0) is 49.2 Å². The molecule has 1 aliphatic carbocycles. The van der Waals surface area contributed by atoms with Crippen LogP contribution in [0.2, 0.25) is 0 Å². The van der Waals surface area contributed by atoms with Gasteiger partial charge in [0, 0.05) is 17.3 Å². The number of carbonyl (C=O) groups is 2. The number of rotatable bonds is 5. The Kier molecular flexibility index (Phi) is 4.42. The smallest absolute Gasteiger partial charge is 0.269 e. The Hall–Kier alpha value is -3.48. The van der Waals surface area contributed by atoms with Gasteiger partial charge >= 0.3 is 0 Å². The van der Waals surface area contributed by atoms with Gasteiger partial charge in [-0.15, -0.1) is 0 Å². The largest absolute Gasteiger partial charge is 0.326 e. The van der Waals surface area contributed by atoms with Gasteiger partial charge in [-0.3, -0.25) is 19.0 Å². The molecule has 0 aliphatic heterocycles. The molecular formula is C20H18N4O3. The van der Waals surface area contributed by atoms with Crippen molar-refractivity contribution in [3.63, 3.8) is 0 Å². The molecule has 1 heterocycles. The Morgan fingerprint density at radius 2 is 1.67 bits per heavy atom. The van der Waals surface area contributed by atoms with Crippen molar-refractivity contribution in [2.24, 2.45) is 5.92 Å². The lowest BCUT2D eigenvalue weighted by Gasteiger charge is -2.10. The fourth-order valence-electron chi connectivity index (χ4n) is 2.85. The molecule has 7 nitrogen and oxygen atoms in total. The van der Waals surface area contributed by atoms with E-state index in [4.69, 9.17) is 0 Å². The first-order valence-corrected chi connectivity index (χ1v) is 8.75. The third-order valence-corrected chi connectivity index (χ3v) is 4.44. The highest BCUT2D eigenvalue weighted by molar-refractivity contribution is 5.95. The number of anilines is 2. The minimum atomic E-state index is -0.331. The van der Waals surface area contributed by atoms with Crippen LogP contribution in [-0.2, 0) is 16.1 Å². The van der Waals surface area contributed by atoms with E-state index < -0.39 is 0 Å². The molecule has 0 saturated heterocycles. The summed E-state index contributed by atoms with van der Waals surface area (Å²) in [6.45, 7) is -0.109. The minimum absolute atomic E-state index is 0.0377. The fraction of sp³-hybridized carbons (Fsp3) is 0.200. The van der Waals surface area contributed by atoms with Crippen LogP contribution < -0.4 is 16.2 Å². The molecule has 1 saturated carbocycles. The molecule has 0 atom stereocenters. The topological polar surface area (TPSA) is 93.1 Å². The summed E-state index contributed by atoms with van der Waals surface area (Å²) in [5.74, 6) is -0.142. The van der Waals surface area contributed by atoms with Gasteiger partial charge in [0.15, 0.2) is 0 Å². The third-order valence-electron chi connectivity index (χ3n) is 4.44. The highest BCUT2D eigenvalue weighted by Gasteiger charge is 2.29. The summed E-state index contributed by atoms with van der Waals surface area (Å²) in [5.41, 5.74) is 2.22. The summed E-state index contributed by atoms with van der Waals surface area (Å²) in [7, 11) is 0. The lowest BCUT2D eigenvalue weighted by atomic mass is 10.2. The number of aromatic nitrogens is 2. The van der Waals surface area contributed by atoms with Gasteiger partial charge in [-0.1, -0.05) is 12.1 Å². The van der Waals surface area contributed by atoms with E-state index in [1.54, 1.807) is 42.5 Å². The summed E-state index contributed by atoms with van der Waals surface area (Å²) < 4.78 is 1.39.